The Kier molecular flexibility index (Phi) is 11.5. The number of hydrogen-bond donors (Lipinski definition) is 3. The molecule has 0 aliphatic carbocycles. The summed E-state index contributed by atoms with van der Waals surface area (Å²) < 4.78 is 57.4. The summed E-state index contributed by atoms with van der Waals surface area (Å²) in [5, 5.41) is 20.4. The van der Waals surface area contributed by atoms with Crippen LogP contribution in [0.2, 0.25) is 0 Å². The van der Waals surface area contributed by atoms with Crippen LogP contribution in [0.3, 0.4) is 0 Å². The van der Waals surface area contributed by atoms with Gasteiger partial charge >= 0.3 is 0 Å². The second kappa shape index (κ2) is 13.9. The molecule has 34 heavy (non-hydrogen) atoms. The molecular weight excluding hydrogens is 472 g/mol. The fraction of sp³-hybridized carbons (Fsp3) is 0.500. The fourth-order valence-corrected chi connectivity index (χ4v) is 4.80. The minimum absolute atomic E-state index is 0.118. The van der Waals surface area contributed by atoms with E-state index in [1.165, 1.54) is 0 Å². The summed E-state index contributed by atoms with van der Waals surface area (Å²) >= 11 is 0. The van der Waals surface area contributed by atoms with Crippen LogP contribution in [-0.2, 0) is 10.9 Å². The van der Waals surface area contributed by atoms with Crippen molar-refractivity contribution in [1.29, 1.82) is 0 Å². The third-order valence-electron chi connectivity index (χ3n) is 5.05. The van der Waals surface area contributed by atoms with Crippen LogP contribution in [-0.4, -0.2) is 52.5 Å². The van der Waals surface area contributed by atoms with E-state index in [9.17, 15) is 28.3 Å². The number of ether oxygens (including phenoxy) is 3. The van der Waals surface area contributed by atoms with Crippen molar-refractivity contribution in [3.05, 3.63) is 59.4 Å². The topological polar surface area (TPSA) is 88.4 Å². The predicted octanol–water partition coefficient (Wildman–Crippen LogP) is 4.72. The van der Waals surface area contributed by atoms with Gasteiger partial charge in [-0.25, -0.2) is 13.2 Å². The van der Waals surface area contributed by atoms with E-state index in [-0.39, 0.29) is 30.7 Å². The molecule has 2 aromatic rings. The van der Waals surface area contributed by atoms with Gasteiger partial charge in [-0.1, -0.05) is 13.8 Å². The fourth-order valence-electron chi connectivity index (χ4n) is 3.39. The first-order chi connectivity index (χ1) is 16.3. The number of benzene rings is 2. The van der Waals surface area contributed by atoms with Gasteiger partial charge in [0.2, 0.25) is 6.29 Å². The zero-order valence-electron chi connectivity index (χ0n) is 19.5. The van der Waals surface area contributed by atoms with Crippen molar-refractivity contribution < 1.29 is 42.5 Å². The second-order valence-electron chi connectivity index (χ2n) is 7.47. The maximum Gasteiger partial charge on any atom is 0.228 e. The molecular formula is C24H32F3O6P. The van der Waals surface area contributed by atoms with Crippen molar-refractivity contribution in [3.8, 4) is 11.5 Å². The summed E-state index contributed by atoms with van der Waals surface area (Å²) in [6.45, 7) is 6.38. The first kappa shape index (κ1) is 28.3. The molecule has 3 N–H and O–H groups in total. The van der Waals surface area contributed by atoms with Crippen LogP contribution in [0.25, 0.3) is 0 Å². The van der Waals surface area contributed by atoms with Gasteiger partial charge in [-0.3, -0.25) is 0 Å². The highest BCUT2D eigenvalue weighted by Crippen LogP contribution is 2.39. The Balaban J connectivity index is 0.00000199. The summed E-state index contributed by atoms with van der Waals surface area (Å²) in [7, 11) is -1.80. The monoisotopic (exact) mass is 504 g/mol. The lowest BCUT2D eigenvalue weighted by Gasteiger charge is -2.37. The van der Waals surface area contributed by atoms with Gasteiger partial charge in [-0.2, -0.15) is 0 Å². The molecule has 3 rings (SSSR count). The van der Waals surface area contributed by atoms with Gasteiger partial charge in [-0.05, 0) is 43.8 Å². The highest BCUT2D eigenvalue weighted by Gasteiger charge is 2.38. The average Bonchev–Trinajstić information content (AvgIpc) is 2.80. The first-order valence-electron chi connectivity index (χ1n) is 11.2. The lowest BCUT2D eigenvalue weighted by atomic mass is 10.0. The lowest BCUT2D eigenvalue weighted by molar-refractivity contribution is -0.235. The van der Waals surface area contributed by atoms with E-state index in [4.69, 9.17) is 14.2 Å². The van der Waals surface area contributed by atoms with Crippen LogP contribution < -0.4 is 9.47 Å². The maximum absolute atomic E-state index is 13.8. The molecule has 5 unspecified atom stereocenters. The van der Waals surface area contributed by atoms with Gasteiger partial charge in [0.05, 0.1) is 18.8 Å². The molecule has 6 nitrogen and oxygen atoms in total. The number of rotatable bonds is 9. The zero-order valence-corrected chi connectivity index (χ0v) is 20.4. The van der Waals surface area contributed by atoms with Crippen molar-refractivity contribution in [2.45, 2.75) is 64.4 Å². The molecule has 0 aromatic heterocycles. The van der Waals surface area contributed by atoms with Crippen LogP contribution >= 0.6 is 8.15 Å². The highest BCUT2D eigenvalue weighted by atomic mass is 31.1. The van der Waals surface area contributed by atoms with Crippen LogP contribution in [0.1, 0.15) is 39.2 Å². The van der Waals surface area contributed by atoms with E-state index in [1.54, 1.807) is 24.3 Å². The van der Waals surface area contributed by atoms with Gasteiger partial charge in [0.15, 0.2) is 0 Å². The van der Waals surface area contributed by atoms with Crippen molar-refractivity contribution >= 4 is 8.15 Å². The van der Waals surface area contributed by atoms with Crippen LogP contribution in [0, 0.1) is 17.5 Å². The standard InChI is InChI=1S/C22H26F3O6P.C2H6/c1-2-29-14-3-5-15(6-4-14)30-22-21(27)20(26)11-16(31-22)7-8-32(28)12-17-18(24)9-13(23)10-19(17)25;1-2/h3-6,9-10,16,20-22,26-28H,2,7-8,11-12H2,1H3;1-2H3. The zero-order chi connectivity index (χ0) is 25.3. The number of halogens is 3. The van der Waals surface area contributed by atoms with E-state index in [1.807, 2.05) is 20.8 Å². The van der Waals surface area contributed by atoms with Gasteiger partial charge in [0.1, 0.15) is 35.1 Å². The number of hydrogen-bond acceptors (Lipinski definition) is 6. The molecule has 1 saturated heterocycles. The average molecular weight is 504 g/mol. The maximum atomic E-state index is 13.8. The van der Waals surface area contributed by atoms with E-state index in [2.05, 4.69) is 0 Å². The molecule has 1 aliphatic heterocycles. The van der Waals surface area contributed by atoms with Crippen molar-refractivity contribution in [3.63, 3.8) is 0 Å². The minimum atomic E-state index is -1.80. The Bertz CT molecular complexity index is 863. The lowest BCUT2D eigenvalue weighted by Crippen LogP contribution is -2.51. The Morgan fingerprint density at radius 2 is 1.62 bits per heavy atom. The van der Waals surface area contributed by atoms with E-state index in [0.717, 1.165) is 0 Å². The molecule has 0 saturated carbocycles. The second-order valence-corrected chi connectivity index (χ2v) is 9.24. The number of aliphatic hydroxyl groups is 2. The molecule has 190 valence electrons. The highest BCUT2D eigenvalue weighted by molar-refractivity contribution is 7.50. The van der Waals surface area contributed by atoms with Gasteiger partial charge in [0, 0.05) is 38.4 Å². The van der Waals surface area contributed by atoms with Crippen molar-refractivity contribution in [2.24, 2.45) is 0 Å². The Hall–Kier alpha value is -1.90. The Labute approximate surface area is 199 Å². The Morgan fingerprint density at radius 3 is 2.21 bits per heavy atom. The van der Waals surface area contributed by atoms with Crippen molar-refractivity contribution in [1.82, 2.24) is 0 Å². The van der Waals surface area contributed by atoms with Crippen LogP contribution in [0.4, 0.5) is 13.2 Å². The van der Waals surface area contributed by atoms with Crippen molar-refractivity contribution in [2.75, 3.05) is 12.8 Å². The molecule has 2 aromatic carbocycles. The minimum Gasteiger partial charge on any atom is -0.494 e. The molecule has 1 fully saturated rings. The Morgan fingerprint density at radius 1 is 1.03 bits per heavy atom. The molecule has 5 atom stereocenters. The molecule has 1 aliphatic rings. The van der Waals surface area contributed by atoms with Gasteiger partial charge < -0.3 is 29.3 Å². The van der Waals surface area contributed by atoms with Gasteiger partial charge in [-0.15, -0.1) is 0 Å². The first-order valence-corrected chi connectivity index (χ1v) is 12.9. The predicted molar refractivity (Wildman–Crippen MR) is 124 cm³/mol. The molecule has 0 bridgehead atoms. The van der Waals surface area contributed by atoms with Gasteiger partial charge in [0.25, 0.3) is 0 Å². The molecule has 10 heteroatoms. The summed E-state index contributed by atoms with van der Waals surface area (Å²) in [6.07, 6.45) is -3.73. The summed E-state index contributed by atoms with van der Waals surface area (Å²) in [6, 6.07) is 7.85. The molecule has 0 amide bonds. The quantitative estimate of drug-likeness (QED) is 0.429. The smallest absolute Gasteiger partial charge is 0.228 e. The summed E-state index contributed by atoms with van der Waals surface area (Å²) in [5.41, 5.74) is -0.364. The largest absolute Gasteiger partial charge is 0.494 e. The summed E-state index contributed by atoms with van der Waals surface area (Å²) in [5.74, 6) is -2.03. The third-order valence-corrected chi connectivity index (χ3v) is 6.50. The third kappa shape index (κ3) is 8.10. The number of aliphatic hydroxyl groups excluding tert-OH is 2. The van der Waals surface area contributed by atoms with Crippen LogP contribution in [0.15, 0.2) is 36.4 Å². The normalized spacial score (nSPS) is 23.0. The van der Waals surface area contributed by atoms with E-state index >= 15 is 0 Å². The molecule has 1 heterocycles. The SMILES string of the molecule is CC.CCOc1ccc(OC2OC(CCP(O)Cc3c(F)cc(F)cc3F)CC(O)C2O)cc1. The van der Waals surface area contributed by atoms with Crippen LogP contribution in [0.5, 0.6) is 11.5 Å². The molecule has 0 radical (unpaired) electrons. The summed E-state index contributed by atoms with van der Waals surface area (Å²) in [4.78, 5) is 10.3. The van der Waals surface area contributed by atoms with E-state index in [0.29, 0.717) is 30.2 Å². The van der Waals surface area contributed by atoms with E-state index < -0.39 is 50.2 Å². The molecule has 0 spiro atoms.